The molecule has 0 aromatic heterocycles. The van der Waals surface area contributed by atoms with Crippen molar-refractivity contribution in [3.05, 3.63) is 12.2 Å². The summed E-state index contributed by atoms with van der Waals surface area (Å²) in [6.07, 6.45) is 8.67. The molecule has 0 aromatic rings. The van der Waals surface area contributed by atoms with Gasteiger partial charge in [0.15, 0.2) is 0 Å². The molecule has 2 rings (SSSR count). The third-order valence-corrected chi connectivity index (χ3v) is 5.29. The molecule has 15 heavy (non-hydrogen) atoms. The molecular formula is C15H26. The van der Waals surface area contributed by atoms with Gasteiger partial charge < -0.3 is 0 Å². The summed E-state index contributed by atoms with van der Waals surface area (Å²) in [5, 5.41) is 0. The fourth-order valence-electron chi connectivity index (χ4n) is 4.10. The summed E-state index contributed by atoms with van der Waals surface area (Å²) in [6.45, 7) is 11.4. The molecule has 2 saturated carbocycles. The standard InChI is InChI=1S/C15H26/c1-11(2)13-7-9-15(4)8-5-6-12(3)14(15)10-13/h12-14H,1,5-10H2,2-4H3/t12-,13-,14?,15+/m0/s1. The molecule has 1 unspecified atom stereocenters. The van der Waals surface area contributed by atoms with E-state index in [0.717, 1.165) is 17.8 Å². The molecule has 0 N–H and O–H groups in total. The zero-order chi connectivity index (χ0) is 11.1. The lowest BCUT2D eigenvalue weighted by Crippen LogP contribution is -2.41. The van der Waals surface area contributed by atoms with Crippen molar-refractivity contribution in [1.82, 2.24) is 0 Å². The summed E-state index contributed by atoms with van der Waals surface area (Å²) in [5.41, 5.74) is 2.10. The Balaban J connectivity index is 2.12. The van der Waals surface area contributed by atoms with Crippen LogP contribution in [-0.4, -0.2) is 0 Å². The number of allylic oxidation sites excluding steroid dienone is 1. The summed E-state index contributed by atoms with van der Waals surface area (Å²) in [5.74, 6) is 2.75. The lowest BCUT2D eigenvalue weighted by molar-refractivity contribution is 0.00732. The van der Waals surface area contributed by atoms with E-state index in [0.29, 0.717) is 5.41 Å². The second-order valence-electron chi connectivity index (χ2n) is 6.45. The van der Waals surface area contributed by atoms with E-state index in [1.807, 2.05) is 0 Å². The Hall–Kier alpha value is -0.260. The number of hydrogen-bond acceptors (Lipinski definition) is 0. The first-order chi connectivity index (χ1) is 7.03. The molecule has 4 atom stereocenters. The van der Waals surface area contributed by atoms with E-state index in [4.69, 9.17) is 0 Å². The van der Waals surface area contributed by atoms with Crippen molar-refractivity contribution in [2.24, 2.45) is 23.2 Å². The zero-order valence-corrected chi connectivity index (χ0v) is 10.7. The first kappa shape index (κ1) is 11.2. The molecule has 0 saturated heterocycles. The molecule has 2 aliphatic carbocycles. The molecule has 0 nitrogen and oxygen atoms in total. The Morgan fingerprint density at radius 3 is 2.67 bits per heavy atom. The highest BCUT2D eigenvalue weighted by Gasteiger charge is 2.44. The second kappa shape index (κ2) is 3.96. The van der Waals surface area contributed by atoms with E-state index in [9.17, 15) is 0 Å². The Labute approximate surface area is 95.1 Å². The molecule has 0 amide bonds. The molecule has 0 radical (unpaired) electrons. The van der Waals surface area contributed by atoms with E-state index in [1.54, 1.807) is 0 Å². The topological polar surface area (TPSA) is 0 Å². The van der Waals surface area contributed by atoms with Crippen LogP contribution in [0.2, 0.25) is 0 Å². The fourth-order valence-corrected chi connectivity index (χ4v) is 4.10. The van der Waals surface area contributed by atoms with Crippen LogP contribution >= 0.6 is 0 Å². The van der Waals surface area contributed by atoms with Crippen LogP contribution in [0.15, 0.2) is 12.2 Å². The molecule has 0 spiro atoms. The third-order valence-electron chi connectivity index (χ3n) is 5.29. The van der Waals surface area contributed by atoms with Gasteiger partial charge in [0.2, 0.25) is 0 Å². The van der Waals surface area contributed by atoms with Crippen LogP contribution < -0.4 is 0 Å². The van der Waals surface area contributed by atoms with Gasteiger partial charge in [-0.3, -0.25) is 0 Å². The normalized spacial score (nSPS) is 45.9. The average Bonchev–Trinajstić information content (AvgIpc) is 2.17. The van der Waals surface area contributed by atoms with Gasteiger partial charge in [-0.1, -0.05) is 38.8 Å². The van der Waals surface area contributed by atoms with Gasteiger partial charge in [-0.05, 0) is 55.8 Å². The Morgan fingerprint density at radius 1 is 1.27 bits per heavy atom. The monoisotopic (exact) mass is 206 g/mol. The third kappa shape index (κ3) is 2.00. The first-order valence-corrected chi connectivity index (χ1v) is 6.68. The van der Waals surface area contributed by atoms with E-state index >= 15 is 0 Å². The van der Waals surface area contributed by atoms with Crippen LogP contribution in [0.4, 0.5) is 0 Å². The summed E-state index contributed by atoms with van der Waals surface area (Å²) in [7, 11) is 0. The van der Waals surface area contributed by atoms with Crippen molar-refractivity contribution in [3.63, 3.8) is 0 Å². The fraction of sp³-hybridized carbons (Fsp3) is 0.867. The molecular weight excluding hydrogens is 180 g/mol. The summed E-state index contributed by atoms with van der Waals surface area (Å²) >= 11 is 0. The molecule has 2 fully saturated rings. The van der Waals surface area contributed by atoms with Gasteiger partial charge in [-0.25, -0.2) is 0 Å². The minimum Gasteiger partial charge on any atom is -0.0999 e. The maximum Gasteiger partial charge on any atom is -0.0206 e. The van der Waals surface area contributed by atoms with Crippen molar-refractivity contribution in [2.75, 3.05) is 0 Å². The maximum atomic E-state index is 4.16. The second-order valence-corrected chi connectivity index (χ2v) is 6.45. The SMILES string of the molecule is C=C(C)[C@H]1CC[C@@]2(C)CCC[C@H](C)C2C1. The molecule has 0 heteroatoms. The quantitative estimate of drug-likeness (QED) is 0.540. The van der Waals surface area contributed by atoms with Crippen molar-refractivity contribution in [2.45, 2.75) is 59.3 Å². The van der Waals surface area contributed by atoms with Gasteiger partial charge in [0.25, 0.3) is 0 Å². The van der Waals surface area contributed by atoms with E-state index < -0.39 is 0 Å². The van der Waals surface area contributed by atoms with Gasteiger partial charge in [-0.15, -0.1) is 0 Å². The van der Waals surface area contributed by atoms with Crippen molar-refractivity contribution < 1.29 is 0 Å². The van der Waals surface area contributed by atoms with E-state index in [1.165, 1.54) is 44.1 Å². The van der Waals surface area contributed by atoms with Crippen LogP contribution in [0.3, 0.4) is 0 Å². The highest BCUT2D eigenvalue weighted by molar-refractivity contribution is 5.04. The lowest BCUT2D eigenvalue weighted by Gasteiger charge is -2.51. The van der Waals surface area contributed by atoms with Crippen molar-refractivity contribution in [1.29, 1.82) is 0 Å². The lowest BCUT2D eigenvalue weighted by atomic mass is 9.54. The van der Waals surface area contributed by atoms with E-state index in [2.05, 4.69) is 27.4 Å². The zero-order valence-electron chi connectivity index (χ0n) is 10.7. The van der Waals surface area contributed by atoms with Gasteiger partial charge in [0, 0.05) is 0 Å². The molecule has 0 bridgehead atoms. The minimum absolute atomic E-state index is 0.670. The molecule has 0 aliphatic heterocycles. The van der Waals surface area contributed by atoms with Gasteiger partial charge in [0.1, 0.15) is 0 Å². The first-order valence-electron chi connectivity index (χ1n) is 6.68. The van der Waals surface area contributed by atoms with Gasteiger partial charge in [-0.2, -0.15) is 0 Å². The van der Waals surface area contributed by atoms with Crippen LogP contribution in [0.5, 0.6) is 0 Å². The number of rotatable bonds is 1. The van der Waals surface area contributed by atoms with Crippen LogP contribution in [0.1, 0.15) is 59.3 Å². The largest absolute Gasteiger partial charge is 0.0999 e. The predicted octanol–water partition coefficient (Wildman–Crippen LogP) is 4.81. The van der Waals surface area contributed by atoms with Gasteiger partial charge >= 0.3 is 0 Å². The minimum atomic E-state index is 0.670. The maximum absolute atomic E-state index is 4.16. The summed E-state index contributed by atoms with van der Waals surface area (Å²) in [4.78, 5) is 0. The summed E-state index contributed by atoms with van der Waals surface area (Å²) in [6, 6.07) is 0. The van der Waals surface area contributed by atoms with Gasteiger partial charge in [0.05, 0.1) is 0 Å². The Morgan fingerprint density at radius 2 is 2.00 bits per heavy atom. The molecule has 86 valence electrons. The smallest absolute Gasteiger partial charge is 0.0206 e. The van der Waals surface area contributed by atoms with Crippen LogP contribution in [-0.2, 0) is 0 Å². The van der Waals surface area contributed by atoms with Crippen LogP contribution in [0, 0.1) is 23.2 Å². The predicted molar refractivity (Wildman–Crippen MR) is 66.8 cm³/mol. The number of fused-ring (bicyclic) bond motifs is 1. The Kier molecular flexibility index (Phi) is 2.96. The Bertz CT molecular complexity index is 253. The molecule has 0 heterocycles. The van der Waals surface area contributed by atoms with Crippen molar-refractivity contribution >= 4 is 0 Å². The van der Waals surface area contributed by atoms with Crippen molar-refractivity contribution in [3.8, 4) is 0 Å². The molecule has 2 aliphatic rings. The van der Waals surface area contributed by atoms with E-state index in [-0.39, 0.29) is 0 Å². The summed E-state index contributed by atoms with van der Waals surface area (Å²) < 4.78 is 0. The highest BCUT2D eigenvalue weighted by atomic mass is 14.5. The average molecular weight is 206 g/mol. The molecule has 0 aromatic carbocycles. The van der Waals surface area contributed by atoms with Crippen LogP contribution in [0.25, 0.3) is 0 Å². The highest BCUT2D eigenvalue weighted by Crippen LogP contribution is 2.54. The number of hydrogen-bond donors (Lipinski definition) is 0.